The van der Waals surface area contributed by atoms with Crippen LogP contribution in [0.1, 0.15) is 17.4 Å². The molecule has 0 bridgehead atoms. The molecule has 1 unspecified atom stereocenters. The maximum absolute atomic E-state index is 13.4. The van der Waals surface area contributed by atoms with Gasteiger partial charge in [-0.15, -0.1) is 0 Å². The first kappa shape index (κ1) is 21.0. The summed E-state index contributed by atoms with van der Waals surface area (Å²) in [6, 6.07) is 9.84. The second-order valence-electron chi connectivity index (χ2n) is 6.63. The van der Waals surface area contributed by atoms with E-state index in [0.717, 1.165) is 17.0 Å². The van der Waals surface area contributed by atoms with Gasteiger partial charge in [0.2, 0.25) is 0 Å². The zero-order valence-electron chi connectivity index (χ0n) is 15.9. The van der Waals surface area contributed by atoms with Crippen LogP contribution in [0.2, 0.25) is 10.0 Å². The number of Topliss-reactive ketones (excluding diaryl/α,β-unsaturated/α-hetero) is 1. The molecule has 1 aliphatic heterocycles. The van der Waals surface area contributed by atoms with Crippen LogP contribution >= 0.6 is 23.2 Å². The normalized spacial score (nSPS) is 17.9. The van der Waals surface area contributed by atoms with E-state index in [2.05, 4.69) is 0 Å². The number of ether oxygens (including phenoxy) is 1. The Morgan fingerprint density at radius 3 is 2.48 bits per heavy atom. The van der Waals surface area contributed by atoms with Gasteiger partial charge < -0.3 is 14.3 Å². The molecule has 0 aliphatic carbocycles. The molecule has 31 heavy (non-hydrogen) atoms. The van der Waals surface area contributed by atoms with Crippen LogP contribution in [0.4, 0.5) is 10.1 Å². The van der Waals surface area contributed by atoms with Crippen LogP contribution in [-0.2, 0) is 9.59 Å². The number of halogens is 3. The maximum atomic E-state index is 13.4. The van der Waals surface area contributed by atoms with Crippen LogP contribution in [0.5, 0.6) is 5.75 Å². The fraction of sp³-hybridized carbons (Fsp3) is 0.0909. The quantitative estimate of drug-likeness (QED) is 0.321. The smallest absolute Gasteiger partial charge is 0.300 e. The molecule has 4 rings (SSSR count). The van der Waals surface area contributed by atoms with Crippen molar-refractivity contribution in [2.45, 2.75) is 6.04 Å². The molecule has 0 saturated carbocycles. The standard InChI is InChI=1S/C22H14Cl2FNO5/c1-30-21-14(9-11(23)10-15(21)24)19(27)17-18(16-3-2-8-31-16)26(22(29)20(17)28)13-6-4-12(25)5-7-13/h2-10,18,27H,1H3/b19-17-. The molecule has 2 aromatic carbocycles. The predicted octanol–water partition coefficient (Wildman–Crippen LogP) is 5.36. The first-order valence-corrected chi connectivity index (χ1v) is 9.72. The van der Waals surface area contributed by atoms with Crippen LogP contribution in [0.25, 0.3) is 5.76 Å². The molecular formula is C22H14Cl2FNO5. The van der Waals surface area contributed by atoms with Crippen molar-refractivity contribution in [3.8, 4) is 5.75 Å². The number of anilines is 1. The first-order chi connectivity index (χ1) is 14.8. The maximum Gasteiger partial charge on any atom is 0.300 e. The van der Waals surface area contributed by atoms with E-state index in [1.165, 1.54) is 37.6 Å². The van der Waals surface area contributed by atoms with Gasteiger partial charge in [0.05, 0.1) is 29.5 Å². The van der Waals surface area contributed by atoms with Crippen molar-refractivity contribution in [2.75, 3.05) is 12.0 Å². The van der Waals surface area contributed by atoms with Crippen molar-refractivity contribution in [2.24, 2.45) is 0 Å². The average molecular weight is 462 g/mol. The lowest BCUT2D eigenvalue weighted by Crippen LogP contribution is -2.29. The Balaban J connectivity index is 1.97. The number of aliphatic hydroxyl groups excluding tert-OH is 1. The molecule has 0 radical (unpaired) electrons. The summed E-state index contributed by atoms with van der Waals surface area (Å²) < 4.78 is 24.2. The summed E-state index contributed by atoms with van der Waals surface area (Å²) in [5.74, 6) is -2.62. The molecule has 1 aromatic heterocycles. The predicted molar refractivity (Wildman–Crippen MR) is 113 cm³/mol. The monoisotopic (exact) mass is 461 g/mol. The number of carbonyl (C=O) groups excluding carboxylic acids is 2. The Morgan fingerprint density at radius 1 is 1.16 bits per heavy atom. The number of aliphatic hydroxyl groups is 1. The lowest BCUT2D eigenvalue weighted by Gasteiger charge is -2.23. The molecule has 9 heteroatoms. The molecule has 6 nitrogen and oxygen atoms in total. The van der Waals surface area contributed by atoms with Gasteiger partial charge in [0.1, 0.15) is 29.1 Å². The fourth-order valence-corrected chi connectivity index (χ4v) is 4.08. The number of hydrogen-bond donors (Lipinski definition) is 1. The number of carbonyl (C=O) groups is 2. The van der Waals surface area contributed by atoms with Crippen molar-refractivity contribution in [3.63, 3.8) is 0 Å². The van der Waals surface area contributed by atoms with Crippen molar-refractivity contribution < 1.29 is 28.2 Å². The third kappa shape index (κ3) is 3.56. The Bertz CT molecular complexity index is 1210. The van der Waals surface area contributed by atoms with Gasteiger partial charge in [-0.05, 0) is 48.5 Å². The van der Waals surface area contributed by atoms with Gasteiger partial charge in [-0.2, -0.15) is 0 Å². The molecule has 2 heterocycles. The van der Waals surface area contributed by atoms with Gasteiger partial charge in [-0.25, -0.2) is 4.39 Å². The first-order valence-electron chi connectivity index (χ1n) is 8.97. The minimum atomic E-state index is -1.11. The zero-order valence-corrected chi connectivity index (χ0v) is 17.4. The van der Waals surface area contributed by atoms with Gasteiger partial charge in [0, 0.05) is 10.7 Å². The summed E-state index contributed by atoms with van der Waals surface area (Å²) in [6.45, 7) is 0. The van der Waals surface area contributed by atoms with Crippen molar-refractivity contribution >= 4 is 46.3 Å². The van der Waals surface area contributed by atoms with E-state index >= 15 is 0 Å². The van der Waals surface area contributed by atoms with E-state index in [4.69, 9.17) is 32.4 Å². The summed E-state index contributed by atoms with van der Waals surface area (Å²) in [6.07, 6.45) is 1.37. The number of benzene rings is 2. The number of methoxy groups -OCH3 is 1. The largest absolute Gasteiger partial charge is 0.507 e. The second kappa shape index (κ2) is 8.09. The van der Waals surface area contributed by atoms with Crippen LogP contribution in [-0.4, -0.2) is 23.9 Å². The number of ketones is 1. The summed E-state index contributed by atoms with van der Waals surface area (Å²) in [5.41, 5.74) is 0.0367. The van der Waals surface area contributed by atoms with E-state index < -0.39 is 29.3 Å². The molecule has 1 amide bonds. The highest BCUT2D eigenvalue weighted by Gasteiger charge is 2.48. The highest BCUT2D eigenvalue weighted by Crippen LogP contribution is 2.44. The molecule has 0 spiro atoms. The van der Waals surface area contributed by atoms with Crippen LogP contribution in [0, 0.1) is 5.82 Å². The highest BCUT2D eigenvalue weighted by atomic mass is 35.5. The Morgan fingerprint density at radius 2 is 1.87 bits per heavy atom. The van der Waals surface area contributed by atoms with Gasteiger partial charge >= 0.3 is 0 Å². The number of furan rings is 1. The average Bonchev–Trinajstić information content (AvgIpc) is 3.35. The fourth-order valence-electron chi connectivity index (χ4n) is 3.51. The van der Waals surface area contributed by atoms with E-state index in [1.807, 2.05) is 0 Å². The molecule has 1 atom stereocenters. The van der Waals surface area contributed by atoms with E-state index in [0.29, 0.717) is 0 Å². The minimum Gasteiger partial charge on any atom is -0.507 e. The Labute approximate surface area is 186 Å². The minimum absolute atomic E-state index is 0.0358. The van der Waals surface area contributed by atoms with E-state index in [9.17, 15) is 19.1 Å². The SMILES string of the molecule is COc1c(Cl)cc(Cl)cc1/C(O)=C1/C(=O)C(=O)N(c2ccc(F)cc2)C1c1ccco1. The Kier molecular flexibility index (Phi) is 5.47. The van der Waals surface area contributed by atoms with Gasteiger partial charge in [0.15, 0.2) is 0 Å². The topological polar surface area (TPSA) is 80.0 Å². The number of hydrogen-bond acceptors (Lipinski definition) is 5. The summed E-state index contributed by atoms with van der Waals surface area (Å²) in [5, 5.41) is 11.4. The van der Waals surface area contributed by atoms with Crippen LogP contribution in [0.3, 0.4) is 0 Å². The van der Waals surface area contributed by atoms with Gasteiger partial charge in [0.25, 0.3) is 11.7 Å². The molecule has 1 saturated heterocycles. The number of amides is 1. The number of nitrogens with zero attached hydrogens (tertiary/aromatic N) is 1. The van der Waals surface area contributed by atoms with Gasteiger partial charge in [-0.1, -0.05) is 23.2 Å². The number of rotatable bonds is 4. The van der Waals surface area contributed by atoms with Crippen molar-refractivity contribution in [1.29, 1.82) is 0 Å². The lowest BCUT2D eigenvalue weighted by atomic mass is 9.98. The Hall–Kier alpha value is -3.29. The zero-order chi connectivity index (χ0) is 22.3. The molecular weight excluding hydrogens is 448 g/mol. The van der Waals surface area contributed by atoms with Crippen molar-refractivity contribution in [1.82, 2.24) is 0 Å². The summed E-state index contributed by atoms with van der Waals surface area (Å²) in [7, 11) is 1.34. The highest BCUT2D eigenvalue weighted by molar-refractivity contribution is 6.51. The second-order valence-corrected chi connectivity index (χ2v) is 7.47. The molecule has 1 aliphatic rings. The van der Waals surface area contributed by atoms with Gasteiger partial charge in [-0.3, -0.25) is 14.5 Å². The molecule has 3 aromatic rings. The van der Waals surface area contributed by atoms with E-state index in [-0.39, 0.29) is 38.4 Å². The van der Waals surface area contributed by atoms with Crippen molar-refractivity contribution in [3.05, 3.63) is 87.6 Å². The third-order valence-corrected chi connectivity index (χ3v) is 5.33. The lowest BCUT2D eigenvalue weighted by molar-refractivity contribution is -0.132. The van der Waals surface area contributed by atoms with Crippen LogP contribution < -0.4 is 9.64 Å². The van der Waals surface area contributed by atoms with Crippen LogP contribution in [0.15, 0.2) is 64.8 Å². The summed E-state index contributed by atoms with van der Waals surface area (Å²) >= 11 is 12.2. The third-order valence-electron chi connectivity index (χ3n) is 4.83. The molecule has 158 valence electrons. The summed E-state index contributed by atoms with van der Waals surface area (Å²) in [4.78, 5) is 27.1. The van der Waals surface area contributed by atoms with E-state index in [1.54, 1.807) is 12.1 Å². The molecule has 1 fully saturated rings. The molecule has 1 N–H and O–H groups in total.